The molecule has 3 heteroatoms. The molecule has 10 rings (SSSR count). The van der Waals surface area contributed by atoms with Gasteiger partial charge in [-0.05, 0) is 90.9 Å². The molecule has 1 heterocycles. The highest BCUT2D eigenvalue weighted by molar-refractivity contribution is 8.00. The van der Waals surface area contributed by atoms with E-state index in [1.165, 1.54) is 63.6 Å². The first kappa shape index (κ1) is 33.2. The molecule has 1 nitrogen and oxygen atoms in total. The fourth-order valence-electron chi connectivity index (χ4n) is 8.45. The Balaban J connectivity index is 1.10. The summed E-state index contributed by atoms with van der Waals surface area (Å²) in [4.78, 5) is 5.10. The van der Waals surface area contributed by atoms with E-state index in [1.54, 1.807) is 0 Å². The first-order valence-corrected chi connectivity index (χ1v) is 21.7. The molecule has 1 aliphatic heterocycles. The van der Waals surface area contributed by atoms with Gasteiger partial charge in [0.15, 0.2) is 8.07 Å². The van der Waals surface area contributed by atoms with Crippen LogP contribution in [0.3, 0.4) is 0 Å². The molecule has 9 aromatic carbocycles. The van der Waals surface area contributed by atoms with E-state index in [1.807, 2.05) is 11.8 Å². The maximum atomic E-state index is 2.50. The lowest BCUT2D eigenvalue weighted by Gasteiger charge is -2.40. The Bertz CT molecular complexity index is 2720. The second-order valence-electron chi connectivity index (χ2n) is 14.1. The van der Waals surface area contributed by atoms with E-state index in [0.29, 0.717) is 0 Å². The molecule has 0 N–H and O–H groups in total. The topological polar surface area (TPSA) is 3.24 Å². The second kappa shape index (κ2) is 14.1. The van der Waals surface area contributed by atoms with E-state index >= 15 is 0 Å². The third-order valence-electron chi connectivity index (χ3n) is 11.0. The smallest absolute Gasteiger partial charge is 0.181 e. The van der Waals surface area contributed by atoms with Crippen molar-refractivity contribution in [3.05, 3.63) is 224 Å². The van der Waals surface area contributed by atoms with Crippen molar-refractivity contribution in [2.45, 2.75) is 9.79 Å². The highest BCUT2D eigenvalue weighted by atomic mass is 32.2. The minimum Gasteiger partial charge on any atom is -0.310 e. The van der Waals surface area contributed by atoms with E-state index in [0.717, 1.165) is 17.1 Å². The van der Waals surface area contributed by atoms with Crippen LogP contribution in [0.15, 0.2) is 234 Å². The monoisotopic (exact) mass is 735 g/mol. The van der Waals surface area contributed by atoms with Crippen molar-refractivity contribution >= 4 is 68.4 Å². The van der Waals surface area contributed by atoms with Gasteiger partial charge >= 0.3 is 0 Å². The van der Waals surface area contributed by atoms with Crippen LogP contribution in [0.5, 0.6) is 0 Å². The molecular weight excluding hydrogens is 699 g/mol. The minimum absolute atomic E-state index is 1.12. The molecule has 0 aromatic heterocycles. The zero-order valence-electron chi connectivity index (χ0n) is 30.2. The zero-order chi connectivity index (χ0) is 36.6. The highest BCUT2D eigenvalue weighted by Gasteiger charge is 2.46. The SMILES string of the molecule is c1ccc(-c2ccc(N(c3ccc(-c4ccc5c(c4)[Si](c4ccccc4)(c4ccccc4)c4ccccc4S5)cc3)c3cccc4ccccc34)cc2)cc1. The van der Waals surface area contributed by atoms with Crippen LogP contribution in [0, 0.1) is 0 Å². The Morgan fingerprint density at radius 2 is 0.836 bits per heavy atom. The fraction of sp³-hybridized carbons (Fsp3) is 0. The van der Waals surface area contributed by atoms with E-state index in [4.69, 9.17) is 0 Å². The lowest BCUT2D eigenvalue weighted by atomic mass is 10.0. The maximum absolute atomic E-state index is 2.64. The van der Waals surface area contributed by atoms with Gasteiger partial charge in [-0.15, -0.1) is 0 Å². The molecule has 0 fully saturated rings. The second-order valence-corrected chi connectivity index (χ2v) is 18.9. The summed E-state index contributed by atoms with van der Waals surface area (Å²) < 4.78 is 0. The zero-order valence-corrected chi connectivity index (χ0v) is 32.0. The van der Waals surface area contributed by atoms with Crippen LogP contribution < -0.4 is 25.6 Å². The van der Waals surface area contributed by atoms with Gasteiger partial charge in [-0.1, -0.05) is 194 Å². The number of hydrogen-bond acceptors (Lipinski definition) is 2. The summed E-state index contributed by atoms with van der Waals surface area (Å²) in [5, 5.41) is 8.17. The molecule has 0 saturated carbocycles. The standard InChI is InChI=1S/C52H37NSSi/c1-4-15-38(16-5-1)39-27-32-43(33-28-39)53(48-24-14-18-41-17-10-11-23-47(41)48)44-34-29-40(30-35-44)42-31-36-50-52(37-42)55(45-19-6-2-7-20-45,46-21-8-3-9-22-46)51-26-13-12-25-49(51)54-50/h1-37H. The molecule has 0 bridgehead atoms. The van der Waals surface area contributed by atoms with Gasteiger partial charge in [0.1, 0.15) is 0 Å². The summed E-state index contributed by atoms with van der Waals surface area (Å²) in [5.74, 6) is 0. The van der Waals surface area contributed by atoms with Gasteiger partial charge in [0.05, 0.1) is 5.69 Å². The molecule has 0 spiro atoms. The molecule has 0 unspecified atom stereocenters. The largest absolute Gasteiger partial charge is 0.310 e. The Morgan fingerprint density at radius 3 is 1.51 bits per heavy atom. The van der Waals surface area contributed by atoms with E-state index < -0.39 is 8.07 Å². The van der Waals surface area contributed by atoms with E-state index in [2.05, 4.69) is 229 Å². The summed E-state index contributed by atoms with van der Waals surface area (Å²) in [6, 6.07) is 82.7. The number of anilines is 3. The first-order chi connectivity index (χ1) is 27.3. The van der Waals surface area contributed by atoms with Crippen LogP contribution in [0.2, 0.25) is 0 Å². The Morgan fingerprint density at radius 1 is 0.345 bits per heavy atom. The fourth-order valence-corrected chi connectivity index (χ4v) is 15.4. The van der Waals surface area contributed by atoms with Gasteiger partial charge in [0, 0.05) is 26.6 Å². The lowest BCUT2D eigenvalue weighted by molar-refractivity contribution is 1.30. The van der Waals surface area contributed by atoms with Gasteiger partial charge in [-0.2, -0.15) is 0 Å². The Labute approximate surface area is 328 Å². The van der Waals surface area contributed by atoms with Crippen LogP contribution in [-0.4, -0.2) is 8.07 Å². The van der Waals surface area contributed by atoms with Crippen LogP contribution in [0.1, 0.15) is 0 Å². The van der Waals surface area contributed by atoms with Crippen molar-refractivity contribution in [3.8, 4) is 22.3 Å². The van der Waals surface area contributed by atoms with Gasteiger partial charge in [-0.25, -0.2) is 0 Å². The molecule has 260 valence electrons. The van der Waals surface area contributed by atoms with Crippen molar-refractivity contribution < 1.29 is 0 Å². The quantitative estimate of drug-likeness (QED) is 0.150. The Kier molecular flexibility index (Phi) is 8.52. The van der Waals surface area contributed by atoms with Crippen molar-refractivity contribution in [2.24, 2.45) is 0 Å². The van der Waals surface area contributed by atoms with Crippen LogP contribution in [0.4, 0.5) is 17.1 Å². The summed E-state index contributed by atoms with van der Waals surface area (Å²) >= 11 is 1.91. The van der Waals surface area contributed by atoms with E-state index in [9.17, 15) is 0 Å². The number of hydrogen-bond donors (Lipinski definition) is 0. The summed E-state index contributed by atoms with van der Waals surface area (Å²) in [5.41, 5.74) is 8.26. The lowest BCUT2D eigenvalue weighted by Crippen LogP contribution is -2.76. The maximum Gasteiger partial charge on any atom is 0.181 e. The summed E-state index contributed by atoms with van der Waals surface area (Å²) in [6.45, 7) is 0. The van der Waals surface area contributed by atoms with Gasteiger partial charge in [0.2, 0.25) is 0 Å². The average Bonchev–Trinajstić information content (AvgIpc) is 3.27. The molecule has 9 aromatic rings. The predicted octanol–water partition coefficient (Wildman–Crippen LogP) is 11.5. The third-order valence-corrected chi connectivity index (χ3v) is 17.4. The molecule has 55 heavy (non-hydrogen) atoms. The van der Waals surface area contributed by atoms with Gasteiger partial charge in [-0.3, -0.25) is 0 Å². The average molecular weight is 736 g/mol. The molecule has 0 amide bonds. The van der Waals surface area contributed by atoms with Crippen LogP contribution >= 0.6 is 11.8 Å². The van der Waals surface area contributed by atoms with Gasteiger partial charge in [0.25, 0.3) is 0 Å². The summed E-state index contributed by atoms with van der Waals surface area (Å²) in [6.07, 6.45) is 0. The highest BCUT2D eigenvalue weighted by Crippen LogP contribution is 2.41. The molecule has 0 radical (unpaired) electrons. The van der Waals surface area contributed by atoms with Crippen LogP contribution in [-0.2, 0) is 0 Å². The Hall–Kier alpha value is -6.39. The number of fused-ring (bicyclic) bond motifs is 3. The normalized spacial score (nSPS) is 12.8. The molecule has 0 aliphatic carbocycles. The van der Waals surface area contributed by atoms with E-state index in [-0.39, 0.29) is 0 Å². The molecular formula is C52H37NSSi. The van der Waals surface area contributed by atoms with Crippen molar-refractivity contribution in [2.75, 3.05) is 4.90 Å². The predicted molar refractivity (Wildman–Crippen MR) is 237 cm³/mol. The van der Waals surface area contributed by atoms with Gasteiger partial charge < -0.3 is 4.90 Å². The summed E-state index contributed by atoms with van der Waals surface area (Å²) in [7, 11) is -2.64. The van der Waals surface area contributed by atoms with Crippen molar-refractivity contribution in [1.29, 1.82) is 0 Å². The molecule has 0 saturated heterocycles. The number of benzene rings is 9. The minimum atomic E-state index is -2.64. The molecule has 0 atom stereocenters. The third kappa shape index (κ3) is 5.80. The number of rotatable bonds is 7. The van der Waals surface area contributed by atoms with Crippen molar-refractivity contribution in [1.82, 2.24) is 0 Å². The number of nitrogens with zero attached hydrogens (tertiary/aromatic N) is 1. The first-order valence-electron chi connectivity index (χ1n) is 18.8. The van der Waals surface area contributed by atoms with Crippen LogP contribution in [0.25, 0.3) is 33.0 Å². The van der Waals surface area contributed by atoms with Crippen molar-refractivity contribution in [3.63, 3.8) is 0 Å². The molecule has 1 aliphatic rings.